The van der Waals surface area contributed by atoms with Crippen LogP contribution in [0.5, 0.6) is 11.5 Å². The third-order valence-electron chi connectivity index (χ3n) is 5.99. The van der Waals surface area contributed by atoms with E-state index in [0.717, 1.165) is 5.56 Å². The summed E-state index contributed by atoms with van der Waals surface area (Å²) >= 11 is 0. The number of aromatic hydroxyl groups is 1. The summed E-state index contributed by atoms with van der Waals surface area (Å²) in [7, 11) is 1.60. The van der Waals surface area contributed by atoms with Crippen molar-refractivity contribution in [2.75, 3.05) is 7.11 Å². The number of phenolic OH excluding ortho intramolecular Hbond substituents is 1. The van der Waals surface area contributed by atoms with Gasteiger partial charge in [-0.05, 0) is 50.1 Å². The van der Waals surface area contributed by atoms with Crippen molar-refractivity contribution in [3.63, 3.8) is 0 Å². The summed E-state index contributed by atoms with van der Waals surface area (Å²) < 4.78 is 21.8. The van der Waals surface area contributed by atoms with Crippen LogP contribution < -0.4 is 10.1 Å². The zero-order valence-electron chi connectivity index (χ0n) is 19.9. The Bertz CT molecular complexity index is 1360. The van der Waals surface area contributed by atoms with Crippen LogP contribution in [-0.2, 0) is 0 Å². The molecule has 0 saturated heterocycles. The lowest BCUT2D eigenvalue weighted by Gasteiger charge is -2.20. The number of hydrogen-bond donors (Lipinski definition) is 2. The summed E-state index contributed by atoms with van der Waals surface area (Å²) in [6, 6.07) is 15.0. The fourth-order valence-corrected chi connectivity index (χ4v) is 4.44. The maximum atomic E-state index is 14.7. The van der Waals surface area contributed by atoms with Crippen molar-refractivity contribution in [1.29, 1.82) is 0 Å². The minimum atomic E-state index is -0.531. The number of nitrogens with one attached hydrogen (secondary N) is 1. The summed E-state index contributed by atoms with van der Waals surface area (Å²) in [4.78, 5) is 13.4. The van der Waals surface area contributed by atoms with Gasteiger partial charge in [0, 0.05) is 11.1 Å². The average Bonchev–Trinajstić information content (AvgIpc) is 3.13. The van der Waals surface area contributed by atoms with Crippen LogP contribution in [0.25, 0.3) is 16.6 Å². The summed E-state index contributed by atoms with van der Waals surface area (Å²) in [5.41, 5.74) is 3.85. The van der Waals surface area contributed by atoms with Gasteiger partial charge in [0.25, 0.3) is 5.91 Å². The number of carbonyl (C=O) groups excluding carboxylic acids is 1. The maximum Gasteiger partial charge on any atom is 0.253 e. The van der Waals surface area contributed by atoms with Gasteiger partial charge in [0.2, 0.25) is 0 Å². The van der Waals surface area contributed by atoms with Gasteiger partial charge in [-0.2, -0.15) is 5.10 Å². The first kappa shape index (κ1) is 23.3. The summed E-state index contributed by atoms with van der Waals surface area (Å²) in [5, 5.41) is 18.1. The number of fused-ring (bicyclic) bond motifs is 1. The molecule has 2 heterocycles. The molecule has 0 aliphatic carbocycles. The van der Waals surface area contributed by atoms with Gasteiger partial charge in [-0.1, -0.05) is 38.1 Å². The van der Waals surface area contributed by atoms with Crippen LogP contribution in [-0.4, -0.2) is 27.7 Å². The monoisotopic (exact) mass is 461 g/mol. The van der Waals surface area contributed by atoms with Crippen LogP contribution in [0.15, 0.2) is 54.6 Å². The molecule has 176 valence electrons. The predicted octanol–water partition coefficient (Wildman–Crippen LogP) is 5.78. The Kier molecular flexibility index (Phi) is 6.28. The number of aryl methyl sites for hydroxylation is 1. The average molecular weight is 462 g/mol. The Morgan fingerprint density at radius 1 is 1.06 bits per heavy atom. The van der Waals surface area contributed by atoms with E-state index in [9.17, 15) is 14.3 Å². The quantitative estimate of drug-likeness (QED) is 0.382. The van der Waals surface area contributed by atoms with Crippen molar-refractivity contribution in [2.45, 2.75) is 39.7 Å². The van der Waals surface area contributed by atoms with Gasteiger partial charge >= 0.3 is 0 Å². The third-order valence-corrected chi connectivity index (χ3v) is 5.99. The molecule has 0 spiro atoms. The topological polar surface area (TPSA) is 75.9 Å². The third kappa shape index (κ3) is 3.98. The molecule has 0 fully saturated rings. The van der Waals surface area contributed by atoms with Gasteiger partial charge in [-0.25, -0.2) is 8.91 Å². The minimum absolute atomic E-state index is 0.0487. The van der Waals surface area contributed by atoms with Crippen LogP contribution >= 0.6 is 0 Å². The molecular formula is C27H28FN3O3. The van der Waals surface area contributed by atoms with Crippen molar-refractivity contribution >= 4 is 11.4 Å². The van der Waals surface area contributed by atoms with E-state index in [1.807, 2.05) is 45.0 Å². The second kappa shape index (κ2) is 9.17. The molecule has 0 saturated carbocycles. The number of ether oxygens (including phenoxy) is 1. The Hall–Kier alpha value is -3.87. The highest BCUT2D eigenvalue weighted by atomic mass is 19.1. The van der Waals surface area contributed by atoms with Crippen LogP contribution in [0.1, 0.15) is 60.0 Å². The number of amides is 1. The normalized spacial score (nSPS) is 12.2. The number of hydrogen-bond acceptors (Lipinski definition) is 4. The van der Waals surface area contributed by atoms with Crippen molar-refractivity contribution < 1.29 is 19.0 Å². The zero-order chi connectivity index (χ0) is 24.6. The second-order valence-corrected chi connectivity index (χ2v) is 8.62. The first-order chi connectivity index (χ1) is 16.2. The first-order valence-electron chi connectivity index (χ1n) is 11.2. The standard InChI is InChI=1S/C27H28FN3O3/c1-15(2)26-19(27(33)29-16(3)18-9-6-7-12-23(18)34-5)13-14-21-24(17(4)30-31(21)26)25-20(28)10-8-11-22(25)32/h6-16,32H,1-5H3,(H,29,33)/t16-/m1/s1. The molecule has 1 amide bonds. The molecule has 1 atom stereocenters. The van der Waals surface area contributed by atoms with E-state index in [4.69, 9.17) is 4.74 Å². The minimum Gasteiger partial charge on any atom is -0.507 e. The fraction of sp³-hybridized carbons (Fsp3) is 0.259. The number of rotatable bonds is 6. The lowest BCUT2D eigenvalue weighted by atomic mass is 9.99. The smallest absolute Gasteiger partial charge is 0.253 e. The van der Waals surface area contributed by atoms with Gasteiger partial charge in [0.05, 0.1) is 41.2 Å². The number of para-hydroxylation sites is 1. The molecule has 4 rings (SSSR count). The highest BCUT2D eigenvalue weighted by molar-refractivity contribution is 5.97. The van der Waals surface area contributed by atoms with E-state index in [0.29, 0.717) is 33.8 Å². The molecule has 2 N–H and O–H groups in total. The number of pyridine rings is 1. The van der Waals surface area contributed by atoms with E-state index < -0.39 is 5.82 Å². The molecule has 0 radical (unpaired) electrons. The highest BCUT2D eigenvalue weighted by Gasteiger charge is 2.25. The van der Waals surface area contributed by atoms with Gasteiger partial charge < -0.3 is 15.2 Å². The molecule has 2 aromatic carbocycles. The number of methoxy groups -OCH3 is 1. The molecule has 4 aromatic rings. The SMILES string of the molecule is COc1ccccc1[C@@H](C)NC(=O)c1ccc2c(-c3c(O)cccc3F)c(C)nn2c1C(C)C. The summed E-state index contributed by atoms with van der Waals surface area (Å²) in [6.45, 7) is 7.63. The largest absolute Gasteiger partial charge is 0.507 e. The Balaban J connectivity index is 1.81. The van der Waals surface area contributed by atoms with Crippen LogP contribution in [0.2, 0.25) is 0 Å². The molecular weight excluding hydrogens is 433 g/mol. The Morgan fingerprint density at radius 3 is 2.47 bits per heavy atom. The number of halogens is 1. The number of nitrogens with zero attached hydrogens (tertiary/aromatic N) is 2. The van der Waals surface area contributed by atoms with E-state index in [-0.39, 0.29) is 29.2 Å². The van der Waals surface area contributed by atoms with E-state index in [1.165, 1.54) is 18.2 Å². The van der Waals surface area contributed by atoms with Crippen molar-refractivity contribution in [3.05, 3.63) is 82.9 Å². The number of aromatic nitrogens is 2. The first-order valence-corrected chi connectivity index (χ1v) is 11.2. The molecule has 34 heavy (non-hydrogen) atoms. The van der Waals surface area contributed by atoms with Gasteiger partial charge in [0.1, 0.15) is 17.3 Å². The maximum absolute atomic E-state index is 14.7. The predicted molar refractivity (Wildman–Crippen MR) is 130 cm³/mol. The van der Waals surface area contributed by atoms with Gasteiger partial charge in [0.15, 0.2) is 0 Å². The van der Waals surface area contributed by atoms with Crippen molar-refractivity contribution in [1.82, 2.24) is 14.9 Å². The number of carbonyl (C=O) groups is 1. The lowest BCUT2D eigenvalue weighted by molar-refractivity contribution is 0.0937. The van der Waals surface area contributed by atoms with Gasteiger partial charge in [-0.15, -0.1) is 0 Å². The van der Waals surface area contributed by atoms with Crippen molar-refractivity contribution in [3.8, 4) is 22.6 Å². The molecule has 0 aliphatic rings. The molecule has 0 bridgehead atoms. The lowest BCUT2D eigenvalue weighted by Crippen LogP contribution is -2.28. The second-order valence-electron chi connectivity index (χ2n) is 8.62. The van der Waals surface area contributed by atoms with E-state index in [2.05, 4.69) is 10.4 Å². The highest BCUT2D eigenvalue weighted by Crippen LogP contribution is 2.38. The van der Waals surface area contributed by atoms with Gasteiger partial charge in [-0.3, -0.25) is 4.79 Å². The van der Waals surface area contributed by atoms with Crippen LogP contribution in [0.4, 0.5) is 4.39 Å². The molecule has 0 unspecified atom stereocenters. The Morgan fingerprint density at radius 2 is 1.79 bits per heavy atom. The van der Waals surface area contributed by atoms with Crippen LogP contribution in [0.3, 0.4) is 0 Å². The molecule has 7 heteroatoms. The van der Waals surface area contributed by atoms with E-state index in [1.54, 1.807) is 30.7 Å². The fourth-order valence-electron chi connectivity index (χ4n) is 4.44. The molecule has 2 aromatic heterocycles. The zero-order valence-corrected chi connectivity index (χ0v) is 19.9. The van der Waals surface area contributed by atoms with Crippen molar-refractivity contribution in [2.24, 2.45) is 0 Å². The molecule has 0 aliphatic heterocycles. The summed E-state index contributed by atoms with van der Waals surface area (Å²) in [6.07, 6.45) is 0. The molecule has 6 nitrogen and oxygen atoms in total. The number of phenols is 1. The van der Waals surface area contributed by atoms with E-state index >= 15 is 0 Å². The Labute approximate surface area is 198 Å². The number of benzene rings is 2. The summed E-state index contributed by atoms with van der Waals surface area (Å²) in [5.74, 6) is -0.278. The van der Waals surface area contributed by atoms with Crippen LogP contribution in [0, 0.1) is 12.7 Å².